The van der Waals surface area contributed by atoms with Crippen molar-refractivity contribution < 1.29 is 9.47 Å². The van der Waals surface area contributed by atoms with E-state index in [4.69, 9.17) is 9.47 Å². The minimum Gasteiger partial charge on any atom is -0.493 e. The van der Waals surface area contributed by atoms with Crippen LogP contribution >= 0.6 is 0 Å². The zero-order valence-corrected chi connectivity index (χ0v) is 15.5. The fourth-order valence-corrected chi connectivity index (χ4v) is 3.75. The molecule has 2 aliphatic carbocycles. The molecule has 2 fully saturated rings. The fourth-order valence-electron chi connectivity index (χ4n) is 3.75. The third kappa shape index (κ3) is 5.03. The van der Waals surface area contributed by atoms with Crippen molar-refractivity contribution in [2.45, 2.75) is 70.1 Å². The summed E-state index contributed by atoms with van der Waals surface area (Å²) in [6.45, 7) is 0.720. The molecule has 0 amide bonds. The van der Waals surface area contributed by atoms with Gasteiger partial charge in [-0.1, -0.05) is 18.9 Å². The minimum absolute atomic E-state index is 0.328. The molecule has 0 aromatic heterocycles. The van der Waals surface area contributed by atoms with Gasteiger partial charge >= 0.3 is 0 Å². The molecule has 0 bridgehead atoms. The van der Waals surface area contributed by atoms with E-state index in [-0.39, 0.29) is 0 Å². The van der Waals surface area contributed by atoms with Crippen LogP contribution in [0.1, 0.15) is 56.9 Å². The van der Waals surface area contributed by atoms with E-state index in [1.807, 2.05) is 13.1 Å². The largest absolute Gasteiger partial charge is 0.493 e. The van der Waals surface area contributed by atoms with E-state index in [9.17, 15) is 0 Å². The Bertz CT molecular complexity index is 576. The van der Waals surface area contributed by atoms with Crippen LogP contribution in [-0.4, -0.2) is 32.3 Å². The van der Waals surface area contributed by atoms with E-state index in [1.165, 1.54) is 44.1 Å². The molecule has 1 aromatic carbocycles. The van der Waals surface area contributed by atoms with Gasteiger partial charge in [-0.3, -0.25) is 4.99 Å². The van der Waals surface area contributed by atoms with Gasteiger partial charge in [0.25, 0.3) is 0 Å². The van der Waals surface area contributed by atoms with E-state index in [0.717, 1.165) is 36.8 Å². The Kier molecular flexibility index (Phi) is 6.42. The van der Waals surface area contributed by atoms with Crippen molar-refractivity contribution in [3.63, 3.8) is 0 Å². The summed E-state index contributed by atoms with van der Waals surface area (Å²) in [6.07, 6.45) is 10.2. The number of nitrogens with one attached hydrogen (secondary N) is 2. The molecule has 0 saturated heterocycles. The predicted molar refractivity (Wildman–Crippen MR) is 101 cm³/mol. The Labute approximate surface area is 151 Å². The van der Waals surface area contributed by atoms with Crippen LogP contribution in [0.3, 0.4) is 0 Å². The molecule has 2 N–H and O–H groups in total. The lowest BCUT2D eigenvalue weighted by atomic mass is 10.2. The highest BCUT2D eigenvalue weighted by Gasteiger charge is 2.19. The smallest absolute Gasteiger partial charge is 0.191 e. The lowest BCUT2D eigenvalue weighted by molar-refractivity contribution is 0.200. The van der Waals surface area contributed by atoms with Crippen molar-refractivity contribution in [2.75, 3.05) is 14.2 Å². The molecule has 2 saturated carbocycles. The summed E-state index contributed by atoms with van der Waals surface area (Å²) in [7, 11) is 3.52. The normalized spacial score (nSPS) is 19.2. The van der Waals surface area contributed by atoms with Crippen LogP contribution in [-0.2, 0) is 6.54 Å². The maximum Gasteiger partial charge on any atom is 0.191 e. The number of hydrogen-bond donors (Lipinski definition) is 2. The van der Waals surface area contributed by atoms with Gasteiger partial charge in [-0.2, -0.15) is 0 Å². The molecule has 0 radical (unpaired) electrons. The van der Waals surface area contributed by atoms with Crippen LogP contribution in [0.2, 0.25) is 0 Å². The van der Waals surface area contributed by atoms with E-state index >= 15 is 0 Å². The summed E-state index contributed by atoms with van der Waals surface area (Å²) in [5.41, 5.74) is 1.17. The minimum atomic E-state index is 0.328. The molecule has 0 aliphatic heterocycles. The first-order chi connectivity index (χ1) is 12.3. The third-order valence-corrected chi connectivity index (χ3v) is 5.20. The highest BCUT2D eigenvalue weighted by atomic mass is 16.5. The Morgan fingerprint density at radius 3 is 2.48 bits per heavy atom. The summed E-state index contributed by atoms with van der Waals surface area (Å²) < 4.78 is 11.6. The highest BCUT2D eigenvalue weighted by molar-refractivity contribution is 5.80. The van der Waals surface area contributed by atoms with E-state index in [2.05, 4.69) is 27.8 Å². The predicted octanol–water partition coefficient (Wildman–Crippen LogP) is 3.62. The van der Waals surface area contributed by atoms with Gasteiger partial charge in [0, 0.05) is 19.6 Å². The number of guanidine groups is 1. The van der Waals surface area contributed by atoms with Crippen molar-refractivity contribution in [1.29, 1.82) is 0 Å². The second kappa shape index (κ2) is 8.97. The quantitative estimate of drug-likeness (QED) is 0.611. The molecule has 0 heterocycles. The molecule has 0 spiro atoms. The average Bonchev–Trinajstić information content (AvgIpc) is 3.32. The van der Waals surface area contributed by atoms with Crippen LogP contribution in [0, 0.1) is 0 Å². The Morgan fingerprint density at radius 2 is 1.80 bits per heavy atom. The van der Waals surface area contributed by atoms with Gasteiger partial charge in [-0.25, -0.2) is 0 Å². The van der Waals surface area contributed by atoms with Crippen LogP contribution in [0.15, 0.2) is 23.2 Å². The number of hydrogen-bond acceptors (Lipinski definition) is 3. The van der Waals surface area contributed by atoms with E-state index in [1.54, 1.807) is 7.11 Å². The van der Waals surface area contributed by atoms with Crippen LogP contribution < -0.4 is 20.1 Å². The maximum absolute atomic E-state index is 6.18. The van der Waals surface area contributed by atoms with E-state index < -0.39 is 0 Å². The van der Waals surface area contributed by atoms with Crippen molar-refractivity contribution >= 4 is 5.96 Å². The summed E-state index contributed by atoms with van der Waals surface area (Å²) in [4.78, 5) is 4.34. The van der Waals surface area contributed by atoms with Gasteiger partial charge in [-0.05, 0) is 56.2 Å². The summed E-state index contributed by atoms with van der Waals surface area (Å²) in [6, 6.07) is 6.72. The molecule has 2 aliphatic rings. The molecule has 138 valence electrons. The second-order valence-electron chi connectivity index (χ2n) is 7.06. The SMILES string of the molecule is CN=C(NCc1ccc(OC)c(OC2CCCC2)c1)NC1CCCC1. The number of benzene rings is 1. The highest BCUT2D eigenvalue weighted by Crippen LogP contribution is 2.32. The van der Waals surface area contributed by atoms with Gasteiger partial charge in [0.1, 0.15) is 0 Å². The summed E-state index contributed by atoms with van der Waals surface area (Å²) >= 11 is 0. The van der Waals surface area contributed by atoms with Gasteiger partial charge in [0.05, 0.1) is 13.2 Å². The Hall–Kier alpha value is -1.91. The molecule has 1 aromatic rings. The number of aliphatic imine (C=N–C) groups is 1. The second-order valence-corrected chi connectivity index (χ2v) is 7.06. The fraction of sp³-hybridized carbons (Fsp3) is 0.650. The average molecular weight is 345 g/mol. The standard InChI is InChI=1S/C20H31N3O2/c1-21-20(23-16-7-3-4-8-16)22-14-15-11-12-18(24-2)19(13-15)25-17-9-5-6-10-17/h11-13,16-17H,3-10,14H2,1-2H3,(H2,21,22,23). The lowest BCUT2D eigenvalue weighted by Gasteiger charge is -2.19. The molecular formula is C20H31N3O2. The van der Waals surface area contributed by atoms with Crippen molar-refractivity contribution in [2.24, 2.45) is 4.99 Å². The number of nitrogens with zero attached hydrogens (tertiary/aromatic N) is 1. The first-order valence-electron chi connectivity index (χ1n) is 9.59. The van der Waals surface area contributed by atoms with Crippen LogP contribution in [0.25, 0.3) is 0 Å². The first-order valence-corrected chi connectivity index (χ1v) is 9.59. The molecule has 0 atom stereocenters. The van der Waals surface area contributed by atoms with Gasteiger partial charge in [0.15, 0.2) is 17.5 Å². The molecule has 5 heteroatoms. The number of methoxy groups -OCH3 is 1. The monoisotopic (exact) mass is 345 g/mol. The van der Waals surface area contributed by atoms with Crippen LogP contribution in [0.5, 0.6) is 11.5 Å². The molecule has 25 heavy (non-hydrogen) atoms. The third-order valence-electron chi connectivity index (χ3n) is 5.20. The lowest BCUT2D eigenvalue weighted by Crippen LogP contribution is -2.41. The number of rotatable bonds is 6. The van der Waals surface area contributed by atoms with Crippen molar-refractivity contribution in [3.8, 4) is 11.5 Å². The summed E-state index contributed by atoms with van der Waals surface area (Å²) in [5.74, 6) is 2.54. The molecular weight excluding hydrogens is 314 g/mol. The topological polar surface area (TPSA) is 54.9 Å². The Morgan fingerprint density at radius 1 is 1.08 bits per heavy atom. The maximum atomic E-state index is 6.18. The zero-order chi connectivity index (χ0) is 17.5. The van der Waals surface area contributed by atoms with Crippen LogP contribution in [0.4, 0.5) is 0 Å². The van der Waals surface area contributed by atoms with Crippen molar-refractivity contribution in [3.05, 3.63) is 23.8 Å². The molecule has 5 nitrogen and oxygen atoms in total. The summed E-state index contributed by atoms with van der Waals surface area (Å²) in [5, 5.41) is 6.93. The van der Waals surface area contributed by atoms with Gasteiger partial charge in [0.2, 0.25) is 0 Å². The first kappa shape index (κ1) is 17.9. The Balaban J connectivity index is 1.59. The van der Waals surface area contributed by atoms with Crippen molar-refractivity contribution in [1.82, 2.24) is 10.6 Å². The van der Waals surface area contributed by atoms with E-state index in [0.29, 0.717) is 12.1 Å². The molecule has 0 unspecified atom stereocenters. The molecule has 3 rings (SSSR count). The van der Waals surface area contributed by atoms with Gasteiger partial charge < -0.3 is 20.1 Å². The zero-order valence-electron chi connectivity index (χ0n) is 15.5. The number of ether oxygens (including phenoxy) is 2. The van der Waals surface area contributed by atoms with Gasteiger partial charge in [-0.15, -0.1) is 0 Å².